The first-order valence-electron chi connectivity index (χ1n) is 7.62. The van der Waals surface area contributed by atoms with E-state index in [4.69, 9.17) is 5.11 Å². The van der Waals surface area contributed by atoms with Crippen LogP contribution in [0.4, 0.5) is 0 Å². The molecule has 0 saturated heterocycles. The highest BCUT2D eigenvalue weighted by molar-refractivity contribution is 7.09. The Morgan fingerprint density at radius 1 is 1.24 bits per heavy atom. The molecule has 2 rings (SSSR count). The Bertz CT molecular complexity index is 479. The second kappa shape index (κ2) is 8.12. The van der Waals surface area contributed by atoms with E-state index in [9.17, 15) is 9.59 Å². The molecule has 1 aromatic heterocycles. The van der Waals surface area contributed by atoms with Crippen LogP contribution in [0.15, 0.2) is 5.38 Å². The normalized spacial score (nSPS) is 17.0. The molecule has 6 heteroatoms. The molecule has 1 aliphatic carbocycles. The van der Waals surface area contributed by atoms with Crippen LogP contribution >= 0.6 is 11.3 Å². The lowest BCUT2D eigenvalue weighted by Crippen LogP contribution is -2.32. The second-order valence-electron chi connectivity index (χ2n) is 5.51. The Kier molecular flexibility index (Phi) is 6.17. The van der Waals surface area contributed by atoms with E-state index in [1.165, 1.54) is 36.0 Å². The molecule has 1 fully saturated rings. The highest BCUT2D eigenvalue weighted by Crippen LogP contribution is 2.22. The summed E-state index contributed by atoms with van der Waals surface area (Å²) in [5, 5.41) is 14.1. The van der Waals surface area contributed by atoms with Gasteiger partial charge in [0.15, 0.2) is 5.69 Å². The maximum Gasteiger partial charge on any atom is 0.355 e. The molecular weight excluding hydrogens is 288 g/mol. The van der Waals surface area contributed by atoms with Gasteiger partial charge in [-0.15, -0.1) is 11.3 Å². The zero-order chi connectivity index (χ0) is 15.1. The van der Waals surface area contributed by atoms with Gasteiger partial charge in [-0.1, -0.05) is 32.1 Å². The number of thiazole rings is 1. The molecule has 0 atom stereocenters. The molecular formula is C15H22N2O3S. The van der Waals surface area contributed by atoms with Crippen molar-refractivity contribution in [2.24, 2.45) is 5.92 Å². The lowest BCUT2D eigenvalue weighted by molar-refractivity contribution is -0.125. The fourth-order valence-corrected chi connectivity index (χ4v) is 3.45. The summed E-state index contributed by atoms with van der Waals surface area (Å²) in [6, 6.07) is 0. The number of nitrogens with zero attached hydrogens (tertiary/aromatic N) is 1. The minimum absolute atomic E-state index is 0.0846. The van der Waals surface area contributed by atoms with Crippen LogP contribution in [-0.4, -0.2) is 28.5 Å². The Hall–Kier alpha value is -1.43. The Balaban J connectivity index is 1.73. The third kappa shape index (κ3) is 5.12. The molecule has 0 radical (unpaired) electrons. The number of carboxylic acid groups (broad SMARTS) is 1. The summed E-state index contributed by atoms with van der Waals surface area (Å²) in [5.41, 5.74) is 0.0846. The Morgan fingerprint density at radius 2 is 1.90 bits per heavy atom. The monoisotopic (exact) mass is 310 g/mol. The van der Waals surface area contributed by atoms with Crippen molar-refractivity contribution < 1.29 is 14.7 Å². The molecule has 1 aliphatic rings. The first-order valence-corrected chi connectivity index (χ1v) is 8.50. The van der Waals surface area contributed by atoms with Crippen LogP contribution < -0.4 is 5.32 Å². The van der Waals surface area contributed by atoms with Gasteiger partial charge in [-0.05, 0) is 12.8 Å². The highest BCUT2D eigenvalue weighted by atomic mass is 32.1. The van der Waals surface area contributed by atoms with Crippen molar-refractivity contribution in [3.63, 3.8) is 0 Å². The average Bonchev–Trinajstić information content (AvgIpc) is 2.87. The van der Waals surface area contributed by atoms with Crippen molar-refractivity contribution in [2.45, 2.75) is 51.4 Å². The first kappa shape index (κ1) is 15.9. The van der Waals surface area contributed by atoms with Crippen molar-refractivity contribution in [2.75, 3.05) is 6.54 Å². The van der Waals surface area contributed by atoms with E-state index in [1.807, 2.05) is 0 Å². The van der Waals surface area contributed by atoms with Gasteiger partial charge in [0.25, 0.3) is 0 Å². The largest absolute Gasteiger partial charge is 0.476 e. The summed E-state index contributed by atoms with van der Waals surface area (Å²) in [6.45, 7) is 0.530. The molecule has 0 bridgehead atoms. The smallest absolute Gasteiger partial charge is 0.355 e. The molecule has 21 heavy (non-hydrogen) atoms. The van der Waals surface area contributed by atoms with Crippen LogP contribution in [0.2, 0.25) is 0 Å². The van der Waals surface area contributed by atoms with Crippen molar-refractivity contribution in [3.8, 4) is 0 Å². The number of carboxylic acids is 1. The standard InChI is InChI=1S/C15H22N2O3S/c18-14(11-6-4-2-1-3-5-7-11)16-9-8-13-17-12(10-21-13)15(19)20/h10-11H,1-9H2,(H,16,18)(H,19,20). The van der Waals surface area contributed by atoms with Gasteiger partial charge in [-0.3, -0.25) is 4.79 Å². The number of hydrogen-bond acceptors (Lipinski definition) is 4. The summed E-state index contributed by atoms with van der Waals surface area (Å²) < 4.78 is 0. The average molecular weight is 310 g/mol. The van der Waals surface area contributed by atoms with Gasteiger partial charge in [0.05, 0.1) is 5.01 Å². The second-order valence-corrected chi connectivity index (χ2v) is 6.46. The molecule has 1 amide bonds. The van der Waals surface area contributed by atoms with Crippen molar-refractivity contribution in [3.05, 3.63) is 16.1 Å². The third-order valence-corrected chi connectivity index (χ3v) is 4.79. The van der Waals surface area contributed by atoms with Gasteiger partial charge in [0, 0.05) is 24.3 Å². The third-order valence-electron chi connectivity index (χ3n) is 3.88. The quantitative estimate of drug-likeness (QED) is 0.876. The summed E-state index contributed by atoms with van der Waals surface area (Å²) in [4.78, 5) is 26.9. The van der Waals surface area contributed by atoms with Crippen LogP contribution in [0, 0.1) is 5.92 Å². The lowest BCUT2D eigenvalue weighted by Gasteiger charge is -2.18. The minimum Gasteiger partial charge on any atom is -0.476 e. The maximum absolute atomic E-state index is 12.1. The number of aromatic nitrogens is 1. The number of nitrogens with one attached hydrogen (secondary N) is 1. The van der Waals surface area contributed by atoms with Crippen LogP contribution in [-0.2, 0) is 11.2 Å². The number of carbonyl (C=O) groups is 2. The summed E-state index contributed by atoms with van der Waals surface area (Å²) in [7, 11) is 0. The molecule has 0 aliphatic heterocycles. The van der Waals surface area contributed by atoms with Gasteiger partial charge >= 0.3 is 5.97 Å². The van der Waals surface area contributed by atoms with E-state index in [1.54, 1.807) is 0 Å². The number of aromatic carboxylic acids is 1. The number of amides is 1. The van der Waals surface area contributed by atoms with E-state index >= 15 is 0 Å². The van der Waals surface area contributed by atoms with Crippen LogP contribution in [0.1, 0.15) is 60.4 Å². The number of carbonyl (C=O) groups excluding carboxylic acids is 1. The summed E-state index contributed by atoms with van der Waals surface area (Å²) in [5.74, 6) is -0.709. The van der Waals surface area contributed by atoms with Crippen LogP contribution in [0.25, 0.3) is 0 Å². The van der Waals surface area contributed by atoms with Gasteiger partial charge in [-0.2, -0.15) is 0 Å². The lowest BCUT2D eigenvalue weighted by atomic mass is 9.90. The van der Waals surface area contributed by atoms with Gasteiger partial charge in [0.1, 0.15) is 0 Å². The van der Waals surface area contributed by atoms with Gasteiger partial charge < -0.3 is 10.4 Å². The maximum atomic E-state index is 12.1. The van der Waals surface area contributed by atoms with E-state index in [-0.39, 0.29) is 17.5 Å². The predicted molar refractivity (Wildman–Crippen MR) is 81.6 cm³/mol. The zero-order valence-electron chi connectivity index (χ0n) is 12.1. The SMILES string of the molecule is O=C(O)c1csc(CCNC(=O)C2CCCCCCC2)n1. The van der Waals surface area contributed by atoms with E-state index < -0.39 is 5.97 Å². The van der Waals surface area contributed by atoms with Gasteiger partial charge in [0.2, 0.25) is 5.91 Å². The molecule has 1 aromatic rings. The first-order chi connectivity index (χ1) is 10.2. The summed E-state index contributed by atoms with van der Waals surface area (Å²) in [6.07, 6.45) is 8.64. The molecule has 5 nitrogen and oxygen atoms in total. The van der Waals surface area contributed by atoms with Crippen LogP contribution in [0.3, 0.4) is 0 Å². The van der Waals surface area contributed by atoms with E-state index in [2.05, 4.69) is 10.3 Å². The molecule has 1 saturated carbocycles. The van der Waals surface area contributed by atoms with Gasteiger partial charge in [-0.25, -0.2) is 9.78 Å². The summed E-state index contributed by atoms with van der Waals surface area (Å²) >= 11 is 1.33. The fourth-order valence-electron chi connectivity index (χ4n) is 2.68. The molecule has 2 N–H and O–H groups in total. The molecule has 0 spiro atoms. The number of hydrogen-bond donors (Lipinski definition) is 2. The Labute approximate surface area is 128 Å². The molecule has 1 heterocycles. The fraction of sp³-hybridized carbons (Fsp3) is 0.667. The minimum atomic E-state index is -1.00. The van der Waals surface area contributed by atoms with E-state index in [0.717, 1.165) is 30.7 Å². The van der Waals surface area contributed by atoms with E-state index in [0.29, 0.717) is 13.0 Å². The van der Waals surface area contributed by atoms with Crippen LogP contribution in [0.5, 0.6) is 0 Å². The zero-order valence-corrected chi connectivity index (χ0v) is 13.0. The van der Waals surface area contributed by atoms with Crippen molar-refractivity contribution >= 4 is 23.2 Å². The number of rotatable bonds is 5. The van der Waals surface area contributed by atoms with Crippen molar-refractivity contribution in [1.29, 1.82) is 0 Å². The molecule has 0 aromatic carbocycles. The molecule has 0 unspecified atom stereocenters. The highest BCUT2D eigenvalue weighted by Gasteiger charge is 2.19. The predicted octanol–water partition coefficient (Wildman–Crippen LogP) is 2.86. The Morgan fingerprint density at radius 3 is 2.52 bits per heavy atom. The topological polar surface area (TPSA) is 79.3 Å². The molecule has 116 valence electrons. The van der Waals surface area contributed by atoms with Crippen molar-refractivity contribution in [1.82, 2.24) is 10.3 Å².